The minimum Gasteiger partial charge on any atom is -0.333 e. The number of halogens is 1. The van der Waals surface area contributed by atoms with Gasteiger partial charge in [0.15, 0.2) is 6.54 Å². The topological polar surface area (TPSA) is 45.7 Å². The first-order valence-electron chi connectivity index (χ1n) is 7.00. The molecule has 0 aliphatic rings. The van der Waals surface area contributed by atoms with Crippen molar-refractivity contribution in [1.29, 1.82) is 0 Å². The van der Waals surface area contributed by atoms with Gasteiger partial charge in [0, 0.05) is 5.56 Å². The Labute approximate surface area is 124 Å². The lowest BCUT2D eigenvalue weighted by molar-refractivity contribution is -0.682. The molecule has 0 unspecified atom stereocenters. The minimum absolute atomic E-state index is 0.180. The summed E-state index contributed by atoms with van der Waals surface area (Å²) in [5, 5.41) is 4.53. The lowest BCUT2D eigenvalue weighted by Crippen LogP contribution is -2.86. The van der Waals surface area contributed by atoms with Gasteiger partial charge in [-0.25, -0.2) is 4.39 Å². The highest BCUT2D eigenvalue weighted by Gasteiger charge is 2.12. The minimum atomic E-state index is -0.403. The number of nitrogens with one attached hydrogen (secondary N) is 1. The Bertz CT molecular complexity index is 613. The molecule has 1 atom stereocenters. The van der Waals surface area contributed by atoms with Gasteiger partial charge in [0.1, 0.15) is 11.9 Å². The number of amides is 1. The molecular formula is C17H20FN2O+. The Balaban J connectivity index is 1.87. The number of benzene rings is 2. The van der Waals surface area contributed by atoms with Crippen molar-refractivity contribution in [2.24, 2.45) is 0 Å². The molecule has 0 heterocycles. The quantitative estimate of drug-likeness (QED) is 0.871. The average Bonchev–Trinajstić information content (AvgIpc) is 2.48. The second-order valence-corrected chi connectivity index (χ2v) is 5.17. The van der Waals surface area contributed by atoms with Crippen LogP contribution in [0.3, 0.4) is 0 Å². The van der Waals surface area contributed by atoms with E-state index in [0.29, 0.717) is 0 Å². The molecule has 2 aromatic rings. The number of aryl methyl sites for hydroxylation is 1. The van der Waals surface area contributed by atoms with Gasteiger partial charge in [-0.2, -0.15) is 0 Å². The van der Waals surface area contributed by atoms with Crippen LogP contribution in [0.25, 0.3) is 0 Å². The molecule has 1 amide bonds. The van der Waals surface area contributed by atoms with Gasteiger partial charge < -0.3 is 10.6 Å². The molecule has 0 fully saturated rings. The fraction of sp³-hybridized carbons (Fsp3) is 0.235. The monoisotopic (exact) mass is 287 g/mol. The maximum Gasteiger partial charge on any atom is 0.279 e. The predicted octanol–water partition coefficient (Wildman–Crippen LogP) is 2.40. The number of nitrogens with two attached hydrogens (primary N) is 1. The maximum absolute atomic E-state index is 13.6. The van der Waals surface area contributed by atoms with Crippen LogP contribution in [0.4, 0.5) is 10.1 Å². The zero-order valence-electron chi connectivity index (χ0n) is 12.3. The summed E-state index contributed by atoms with van der Waals surface area (Å²) in [6, 6.07) is 14.9. The van der Waals surface area contributed by atoms with Crippen LogP contribution in [0, 0.1) is 12.7 Å². The van der Waals surface area contributed by atoms with Crippen LogP contribution in [-0.2, 0) is 4.79 Å². The van der Waals surface area contributed by atoms with Crippen molar-refractivity contribution in [3.8, 4) is 0 Å². The van der Waals surface area contributed by atoms with Crippen LogP contribution >= 0.6 is 0 Å². The Morgan fingerprint density at radius 2 is 1.95 bits per heavy atom. The van der Waals surface area contributed by atoms with E-state index in [1.807, 2.05) is 49.5 Å². The Morgan fingerprint density at radius 1 is 1.24 bits per heavy atom. The molecule has 4 heteroatoms. The van der Waals surface area contributed by atoms with E-state index in [-0.39, 0.29) is 24.2 Å². The van der Waals surface area contributed by atoms with Gasteiger partial charge in [0.2, 0.25) is 0 Å². The van der Waals surface area contributed by atoms with E-state index < -0.39 is 5.82 Å². The largest absolute Gasteiger partial charge is 0.333 e. The lowest BCUT2D eigenvalue weighted by atomic mass is 10.1. The molecule has 21 heavy (non-hydrogen) atoms. The first kappa shape index (κ1) is 15.2. The van der Waals surface area contributed by atoms with Crippen LogP contribution in [0.5, 0.6) is 0 Å². The zero-order valence-corrected chi connectivity index (χ0v) is 12.3. The fourth-order valence-electron chi connectivity index (χ4n) is 2.10. The molecule has 3 N–H and O–H groups in total. The summed E-state index contributed by atoms with van der Waals surface area (Å²) < 4.78 is 13.6. The van der Waals surface area contributed by atoms with Crippen molar-refractivity contribution in [1.82, 2.24) is 0 Å². The highest BCUT2D eigenvalue weighted by molar-refractivity contribution is 5.91. The second kappa shape index (κ2) is 6.99. The molecule has 110 valence electrons. The van der Waals surface area contributed by atoms with E-state index >= 15 is 0 Å². The molecular weight excluding hydrogens is 267 g/mol. The molecule has 0 aromatic heterocycles. The lowest BCUT2D eigenvalue weighted by Gasteiger charge is -2.11. The fourth-order valence-corrected chi connectivity index (χ4v) is 2.10. The van der Waals surface area contributed by atoms with Crippen molar-refractivity contribution < 1.29 is 14.5 Å². The number of carbonyl (C=O) groups excluding carboxylic acids is 1. The third kappa shape index (κ3) is 4.39. The summed E-state index contributed by atoms with van der Waals surface area (Å²) in [5.41, 5.74) is 2.22. The summed E-state index contributed by atoms with van der Waals surface area (Å²) in [5.74, 6) is -0.611. The second-order valence-electron chi connectivity index (χ2n) is 5.17. The summed E-state index contributed by atoms with van der Waals surface area (Å²) in [4.78, 5) is 11.9. The van der Waals surface area contributed by atoms with Gasteiger partial charge in [-0.3, -0.25) is 4.79 Å². The number of carbonyl (C=O) groups is 1. The highest BCUT2D eigenvalue weighted by atomic mass is 19.1. The Kier molecular flexibility index (Phi) is 5.06. The van der Waals surface area contributed by atoms with Gasteiger partial charge in [0.25, 0.3) is 5.91 Å². The first-order chi connectivity index (χ1) is 10.1. The first-order valence-corrected chi connectivity index (χ1v) is 7.00. The molecule has 0 aliphatic heterocycles. The van der Waals surface area contributed by atoms with Gasteiger partial charge in [-0.05, 0) is 31.5 Å². The predicted molar refractivity (Wildman–Crippen MR) is 81.4 cm³/mol. The number of hydrogen-bond donors (Lipinski definition) is 2. The summed E-state index contributed by atoms with van der Waals surface area (Å²) >= 11 is 0. The molecule has 2 aromatic carbocycles. The maximum atomic E-state index is 13.6. The van der Waals surface area contributed by atoms with Crippen LogP contribution in [0.15, 0.2) is 48.5 Å². The average molecular weight is 287 g/mol. The van der Waals surface area contributed by atoms with E-state index in [0.717, 1.165) is 11.1 Å². The van der Waals surface area contributed by atoms with Gasteiger partial charge in [-0.1, -0.05) is 36.4 Å². The number of hydrogen-bond acceptors (Lipinski definition) is 1. The molecule has 0 bridgehead atoms. The number of anilines is 1. The van der Waals surface area contributed by atoms with Crippen LogP contribution < -0.4 is 10.6 Å². The summed E-state index contributed by atoms with van der Waals surface area (Å²) in [6.07, 6.45) is 0. The normalized spacial score (nSPS) is 12.0. The van der Waals surface area contributed by atoms with Crippen LogP contribution in [0.2, 0.25) is 0 Å². The van der Waals surface area contributed by atoms with Crippen molar-refractivity contribution in [3.63, 3.8) is 0 Å². The SMILES string of the molecule is Cc1ccc(NC(=O)C[NH2+][C@H](C)c2ccccc2)c(F)c1. The van der Waals surface area contributed by atoms with Crippen LogP contribution in [0.1, 0.15) is 24.1 Å². The highest BCUT2D eigenvalue weighted by Crippen LogP contribution is 2.14. The Morgan fingerprint density at radius 3 is 2.62 bits per heavy atom. The van der Waals surface area contributed by atoms with E-state index in [1.54, 1.807) is 12.1 Å². The third-order valence-corrected chi connectivity index (χ3v) is 3.38. The van der Waals surface area contributed by atoms with E-state index in [1.165, 1.54) is 6.07 Å². The third-order valence-electron chi connectivity index (χ3n) is 3.38. The molecule has 2 rings (SSSR count). The van der Waals surface area contributed by atoms with Gasteiger partial charge in [-0.15, -0.1) is 0 Å². The van der Waals surface area contributed by atoms with Crippen molar-refractivity contribution in [2.45, 2.75) is 19.9 Å². The molecule has 0 aliphatic carbocycles. The molecule has 0 saturated heterocycles. The van der Waals surface area contributed by atoms with Gasteiger partial charge >= 0.3 is 0 Å². The summed E-state index contributed by atoms with van der Waals surface area (Å²) in [6.45, 7) is 4.10. The molecule has 0 saturated carbocycles. The smallest absolute Gasteiger partial charge is 0.279 e. The number of quaternary nitrogens is 1. The summed E-state index contributed by atoms with van der Waals surface area (Å²) in [7, 11) is 0. The standard InChI is InChI=1S/C17H19FN2O/c1-12-8-9-16(15(18)10-12)20-17(21)11-19-13(2)14-6-4-3-5-7-14/h3-10,13,19H,11H2,1-2H3,(H,20,21)/p+1/t13-/m1/s1. The van der Waals surface area contributed by atoms with E-state index in [2.05, 4.69) is 5.32 Å². The van der Waals surface area contributed by atoms with Crippen molar-refractivity contribution in [3.05, 3.63) is 65.5 Å². The molecule has 0 radical (unpaired) electrons. The molecule has 3 nitrogen and oxygen atoms in total. The van der Waals surface area contributed by atoms with Gasteiger partial charge in [0.05, 0.1) is 5.69 Å². The van der Waals surface area contributed by atoms with Crippen molar-refractivity contribution in [2.75, 3.05) is 11.9 Å². The Hall–Kier alpha value is -2.20. The molecule has 0 spiro atoms. The zero-order chi connectivity index (χ0) is 15.2. The number of rotatable bonds is 5. The van der Waals surface area contributed by atoms with E-state index in [9.17, 15) is 9.18 Å². The van der Waals surface area contributed by atoms with Crippen molar-refractivity contribution >= 4 is 11.6 Å². The van der Waals surface area contributed by atoms with E-state index in [4.69, 9.17) is 0 Å². The van der Waals surface area contributed by atoms with Crippen LogP contribution in [-0.4, -0.2) is 12.5 Å².